The van der Waals surface area contributed by atoms with Gasteiger partial charge in [-0.1, -0.05) is 42.1 Å². The quantitative estimate of drug-likeness (QED) is 0.234. The van der Waals surface area contributed by atoms with E-state index in [4.69, 9.17) is 0 Å². The number of para-hydroxylation sites is 1. The average Bonchev–Trinajstić information content (AvgIpc) is 3.11. The van der Waals surface area contributed by atoms with Crippen LogP contribution in [0.3, 0.4) is 0 Å². The third-order valence-electron chi connectivity index (χ3n) is 4.63. The van der Waals surface area contributed by atoms with Gasteiger partial charge in [-0.25, -0.2) is 0 Å². The van der Waals surface area contributed by atoms with Crippen molar-refractivity contribution in [2.75, 3.05) is 11.1 Å². The smallest absolute Gasteiger partial charge is 0.270 e. The van der Waals surface area contributed by atoms with Gasteiger partial charge >= 0.3 is 0 Å². The number of hydrogen-bond acceptors (Lipinski definition) is 7. The number of benzene rings is 2. The number of ketones is 1. The number of thioether (sulfide) groups is 1. The van der Waals surface area contributed by atoms with Gasteiger partial charge in [0.1, 0.15) is 5.82 Å². The number of rotatable bonds is 9. The van der Waals surface area contributed by atoms with E-state index in [9.17, 15) is 19.7 Å². The number of aromatic nitrogens is 3. The van der Waals surface area contributed by atoms with Crippen LogP contribution in [0.5, 0.6) is 0 Å². The Morgan fingerprint density at radius 2 is 1.94 bits per heavy atom. The molecule has 9 nitrogen and oxygen atoms in total. The maximum atomic E-state index is 12.4. The fourth-order valence-electron chi connectivity index (χ4n) is 2.85. The van der Waals surface area contributed by atoms with Crippen molar-refractivity contribution in [2.24, 2.45) is 7.05 Å². The van der Waals surface area contributed by atoms with Crippen molar-refractivity contribution in [3.8, 4) is 0 Å². The molecule has 3 rings (SSSR count). The lowest BCUT2D eigenvalue weighted by molar-refractivity contribution is -0.384. The predicted octanol–water partition coefficient (Wildman–Crippen LogP) is 3.58. The number of Topliss-reactive ketones (excluding diaryl/α,β-unsaturated/α-hetero) is 1. The van der Waals surface area contributed by atoms with Crippen LogP contribution in [-0.4, -0.2) is 37.1 Å². The molecule has 1 N–H and O–H groups in total. The van der Waals surface area contributed by atoms with Crippen LogP contribution in [-0.2, 0) is 18.3 Å². The van der Waals surface area contributed by atoms with Gasteiger partial charge in [0.15, 0.2) is 10.9 Å². The zero-order valence-corrected chi connectivity index (χ0v) is 17.9. The Bertz CT molecular complexity index is 1130. The zero-order chi connectivity index (χ0) is 22.4. The van der Waals surface area contributed by atoms with Crippen LogP contribution in [0.15, 0.2) is 53.7 Å². The molecule has 2 aromatic carbocycles. The molecule has 0 saturated heterocycles. The Morgan fingerprint density at radius 1 is 1.16 bits per heavy atom. The van der Waals surface area contributed by atoms with Gasteiger partial charge < -0.3 is 9.88 Å². The molecule has 31 heavy (non-hydrogen) atoms. The van der Waals surface area contributed by atoms with Gasteiger partial charge in [0.25, 0.3) is 5.69 Å². The average molecular weight is 439 g/mol. The molecule has 3 aromatic rings. The highest BCUT2D eigenvalue weighted by molar-refractivity contribution is 7.99. The van der Waals surface area contributed by atoms with Crippen LogP contribution in [0.2, 0.25) is 0 Å². The summed E-state index contributed by atoms with van der Waals surface area (Å²) in [6, 6.07) is 13.2. The predicted molar refractivity (Wildman–Crippen MR) is 117 cm³/mol. The second kappa shape index (κ2) is 9.98. The second-order valence-electron chi connectivity index (χ2n) is 6.84. The Kier molecular flexibility index (Phi) is 7.14. The molecule has 160 valence electrons. The highest BCUT2D eigenvalue weighted by atomic mass is 32.2. The molecule has 1 heterocycles. The van der Waals surface area contributed by atoms with E-state index >= 15 is 0 Å². The summed E-state index contributed by atoms with van der Waals surface area (Å²) in [7, 11) is 1.77. The molecular weight excluding hydrogens is 418 g/mol. The van der Waals surface area contributed by atoms with Gasteiger partial charge in [-0.2, -0.15) is 0 Å². The lowest BCUT2D eigenvalue weighted by Gasteiger charge is -2.08. The highest BCUT2D eigenvalue weighted by Crippen LogP contribution is 2.20. The minimum Gasteiger partial charge on any atom is -0.326 e. The number of nitrogens with one attached hydrogen (secondary N) is 1. The third kappa shape index (κ3) is 5.76. The number of nitro groups is 1. The molecule has 0 atom stereocenters. The summed E-state index contributed by atoms with van der Waals surface area (Å²) in [5, 5.41) is 22.5. The normalized spacial score (nSPS) is 10.6. The molecule has 0 unspecified atom stereocenters. The van der Waals surface area contributed by atoms with Crippen molar-refractivity contribution >= 4 is 34.8 Å². The van der Waals surface area contributed by atoms with E-state index < -0.39 is 4.92 Å². The summed E-state index contributed by atoms with van der Waals surface area (Å²) in [5.74, 6) is 0.342. The Hall–Kier alpha value is -3.53. The van der Waals surface area contributed by atoms with Crippen LogP contribution in [0, 0.1) is 17.0 Å². The molecule has 0 fully saturated rings. The first-order chi connectivity index (χ1) is 14.8. The maximum Gasteiger partial charge on any atom is 0.270 e. The Morgan fingerprint density at radius 3 is 2.68 bits per heavy atom. The van der Waals surface area contributed by atoms with Crippen LogP contribution >= 0.6 is 11.8 Å². The van der Waals surface area contributed by atoms with Gasteiger partial charge in [-0.05, 0) is 18.6 Å². The van der Waals surface area contributed by atoms with E-state index in [2.05, 4.69) is 15.5 Å². The van der Waals surface area contributed by atoms with Crippen LogP contribution in [0.1, 0.15) is 28.2 Å². The van der Waals surface area contributed by atoms with Crippen molar-refractivity contribution < 1.29 is 14.5 Å². The van der Waals surface area contributed by atoms with Crippen LogP contribution in [0.4, 0.5) is 11.4 Å². The van der Waals surface area contributed by atoms with Crippen LogP contribution < -0.4 is 5.32 Å². The number of nitro benzene ring substituents is 1. The summed E-state index contributed by atoms with van der Waals surface area (Å²) < 4.78 is 1.74. The largest absolute Gasteiger partial charge is 0.326 e. The molecule has 0 bridgehead atoms. The molecule has 0 aliphatic heterocycles. The summed E-state index contributed by atoms with van der Waals surface area (Å²) >= 11 is 1.19. The number of aryl methyl sites for hydroxylation is 2. The van der Waals surface area contributed by atoms with E-state index in [1.807, 2.05) is 31.2 Å². The van der Waals surface area contributed by atoms with Crippen molar-refractivity contribution in [3.63, 3.8) is 0 Å². The minimum atomic E-state index is -0.534. The molecule has 0 saturated carbocycles. The van der Waals surface area contributed by atoms with E-state index in [0.717, 1.165) is 11.3 Å². The first-order valence-electron chi connectivity index (χ1n) is 9.49. The zero-order valence-electron chi connectivity index (χ0n) is 17.1. The summed E-state index contributed by atoms with van der Waals surface area (Å²) in [4.78, 5) is 34.9. The monoisotopic (exact) mass is 439 g/mol. The second-order valence-corrected chi connectivity index (χ2v) is 7.78. The third-order valence-corrected chi connectivity index (χ3v) is 5.65. The summed E-state index contributed by atoms with van der Waals surface area (Å²) in [6.07, 6.45) is 0.651. The van der Waals surface area contributed by atoms with Crippen molar-refractivity contribution in [3.05, 3.63) is 75.6 Å². The molecule has 10 heteroatoms. The number of carbonyl (C=O) groups is 2. The minimum absolute atomic E-state index is 0.0703. The molecule has 0 spiro atoms. The van der Waals surface area contributed by atoms with Crippen LogP contribution in [0.25, 0.3) is 0 Å². The summed E-state index contributed by atoms with van der Waals surface area (Å²) in [5.41, 5.74) is 1.92. The fourth-order valence-corrected chi connectivity index (χ4v) is 3.67. The Labute approximate surface area is 183 Å². The Balaban J connectivity index is 1.54. The molecular formula is C21H21N5O4S. The van der Waals surface area contributed by atoms with Gasteiger partial charge in [0, 0.05) is 43.3 Å². The number of amides is 1. The SMILES string of the molecule is Cc1ccccc1NC(=O)CCc1nnc(SCC(=O)c2cccc([N+](=O)[O-])c2)n1C. The van der Waals surface area contributed by atoms with E-state index in [-0.39, 0.29) is 35.1 Å². The maximum absolute atomic E-state index is 12.4. The summed E-state index contributed by atoms with van der Waals surface area (Å²) in [6.45, 7) is 1.93. The standard InChI is InChI=1S/C21H21N5O4S/c1-14-6-3-4-9-17(14)22-20(28)11-10-19-23-24-21(25(19)2)31-13-18(27)15-7-5-8-16(12-15)26(29)30/h3-9,12H,10-11,13H2,1-2H3,(H,22,28). The molecule has 0 radical (unpaired) electrons. The van der Waals surface area contributed by atoms with E-state index in [1.165, 1.54) is 30.0 Å². The van der Waals surface area contributed by atoms with Gasteiger partial charge in [0.05, 0.1) is 10.7 Å². The molecule has 1 amide bonds. The van der Waals surface area contributed by atoms with Crippen molar-refractivity contribution in [1.82, 2.24) is 14.8 Å². The topological polar surface area (TPSA) is 120 Å². The van der Waals surface area contributed by atoms with Gasteiger partial charge in [-0.15, -0.1) is 10.2 Å². The highest BCUT2D eigenvalue weighted by Gasteiger charge is 2.16. The molecule has 0 aliphatic carbocycles. The molecule has 1 aromatic heterocycles. The lowest BCUT2D eigenvalue weighted by Crippen LogP contribution is -2.14. The number of carbonyl (C=O) groups excluding carboxylic acids is 2. The van der Waals surface area contributed by atoms with Crippen molar-refractivity contribution in [2.45, 2.75) is 24.9 Å². The number of non-ortho nitro benzene ring substituents is 1. The van der Waals surface area contributed by atoms with Gasteiger partial charge in [-0.3, -0.25) is 19.7 Å². The molecule has 0 aliphatic rings. The van der Waals surface area contributed by atoms with Gasteiger partial charge in [0.2, 0.25) is 5.91 Å². The van der Waals surface area contributed by atoms with Crippen molar-refractivity contribution in [1.29, 1.82) is 0 Å². The number of anilines is 1. The fraction of sp³-hybridized carbons (Fsp3) is 0.238. The first-order valence-corrected chi connectivity index (χ1v) is 10.5. The number of nitrogens with zero attached hydrogens (tertiary/aromatic N) is 4. The number of hydrogen-bond donors (Lipinski definition) is 1. The van der Waals surface area contributed by atoms with E-state index in [0.29, 0.717) is 17.4 Å². The first kappa shape index (κ1) is 22.2. The lowest BCUT2D eigenvalue weighted by atomic mass is 10.1. The van der Waals surface area contributed by atoms with E-state index in [1.54, 1.807) is 17.7 Å².